The molecule has 1 aliphatic heterocycles. The zero-order valence-corrected chi connectivity index (χ0v) is 19.9. The van der Waals surface area contributed by atoms with Crippen molar-refractivity contribution in [2.24, 2.45) is 0 Å². The predicted molar refractivity (Wildman–Crippen MR) is 132 cm³/mol. The number of carbonyl (C=O) groups excluding carboxylic acids is 2. The minimum absolute atomic E-state index is 0.0954. The molecule has 0 saturated carbocycles. The Morgan fingerprint density at radius 3 is 2.23 bits per heavy atom. The minimum atomic E-state index is -0.598. The van der Waals surface area contributed by atoms with Gasteiger partial charge in [-0.15, -0.1) is 6.42 Å². The molecular formula is C17H34B6NO6+. The molecule has 0 aromatic heterocycles. The first-order chi connectivity index (χ1) is 13.6. The van der Waals surface area contributed by atoms with Crippen LogP contribution in [0, 0.1) is 12.3 Å². The lowest BCUT2D eigenvalue weighted by Crippen LogP contribution is -2.46. The number of rotatable bonds is 10. The van der Waals surface area contributed by atoms with Crippen molar-refractivity contribution < 1.29 is 33.0 Å². The maximum atomic E-state index is 12.4. The molecule has 0 aromatic carbocycles. The van der Waals surface area contributed by atoms with Crippen LogP contribution < -0.4 is 0 Å². The summed E-state index contributed by atoms with van der Waals surface area (Å²) in [5.74, 6) is 2.09. The second-order valence-electron chi connectivity index (χ2n) is 10.7. The summed E-state index contributed by atoms with van der Waals surface area (Å²) < 4.78 is 23.7. The fraction of sp³-hybridized carbons (Fsp3) is 0.765. The van der Waals surface area contributed by atoms with Crippen LogP contribution in [0.15, 0.2) is 0 Å². The third-order valence-corrected chi connectivity index (χ3v) is 4.74. The van der Waals surface area contributed by atoms with Crippen LogP contribution in [0.1, 0.15) is 12.8 Å². The molecule has 1 rings (SSSR count). The van der Waals surface area contributed by atoms with Crippen LogP contribution in [0.2, 0.25) is 10.2 Å². The molecule has 30 heavy (non-hydrogen) atoms. The molecule has 1 fully saturated rings. The Kier molecular flexibility index (Phi) is 9.72. The fourth-order valence-corrected chi connectivity index (χ4v) is 2.71. The number of ether oxygens (including phenoxy) is 4. The third-order valence-electron chi connectivity index (χ3n) is 4.74. The van der Waals surface area contributed by atoms with E-state index < -0.39 is 22.6 Å². The highest BCUT2D eigenvalue weighted by molar-refractivity contribution is 6.68. The van der Waals surface area contributed by atoms with E-state index in [2.05, 4.69) is 5.92 Å². The van der Waals surface area contributed by atoms with Gasteiger partial charge in [0.05, 0.1) is 26.8 Å². The van der Waals surface area contributed by atoms with E-state index in [1.54, 1.807) is 23.5 Å². The lowest BCUT2D eigenvalue weighted by molar-refractivity contribution is -0.883. The first-order valence-electron chi connectivity index (χ1n) is 10.5. The molecule has 0 bridgehead atoms. The smallest absolute Gasteiger partial charge is 0.288 e. The van der Waals surface area contributed by atoms with Crippen LogP contribution in [0.25, 0.3) is 0 Å². The van der Waals surface area contributed by atoms with Gasteiger partial charge in [-0.2, -0.15) is 0 Å². The van der Waals surface area contributed by atoms with Crippen LogP contribution >= 0.6 is 0 Å². The molecule has 0 N–H and O–H groups in total. The molecule has 160 valence electrons. The largest absolute Gasteiger partial charge is 0.464 e. The van der Waals surface area contributed by atoms with Crippen molar-refractivity contribution >= 4 is 59.0 Å². The summed E-state index contributed by atoms with van der Waals surface area (Å²) >= 11 is 0. The maximum absolute atomic E-state index is 12.4. The van der Waals surface area contributed by atoms with Crippen molar-refractivity contribution in [1.29, 1.82) is 0 Å². The van der Waals surface area contributed by atoms with E-state index >= 15 is 0 Å². The van der Waals surface area contributed by atoms with Crippen LogP contribution in [-0.4, -0.2) is 122 Å². The van der Waals surface area contributed by atoms with E-state index in [0.29, 0.717) is 30.5 Å². The van der Waals surface area contributed by atoms with Gasteiger partial charge in [0, 0.05) is 12.8 Å². The molecule has 3 atom stereocenters. The van der Waals surface area contributed by atoms with Crippen molar-refractivity contribution in [3.63, 3.8) is 0 Å². The van der Waals surface area contributed by atoms with Gasteiger partial charge in [-0.25, -0.2) is 0 Å². The number of terminal acetylenes is 1. The molecule has 0 radical (unpaired) electrons. The molecule has 1 aliphatic rings. The SMILES string of the molecule is BC(B)(B)C(=O)OCC1CC(OC(=O)C(B)(B)B)CC(OCC[N+](C)(C)CC#C)O1. The summed E-state index contributed by atoms with van der Waals surface area (Å²) in [4.78, 5) is 24.5. The van der Waals surface area contributed by atoms with Gasteiger partial charge in [0.15, 0.2) is 6.29 Å². The van der Waals surface area contributed by atoms with Gasteiger partial charge in [-0.3, -0.25) is 9.59 Å². The number of esters is 2. The lowest BCUT2D eigenvalue weighted by Gasteiger charge is -2.36. The van der Waals surface area contributed by atoms with Gasteiger partial charge in [-0.05, 0) is 16.1 Å². The molecule has 0 spiro atoms. The van der Waals surface area contributed by atoms with Crippen molar-refractivity contribution in [3.05, 3.63) is 0 Å². The molecule has 0 aliphatic carbocycles. The zero-order valence-electron chi connectivity index (χ0n) is 19.9. The molecular weight excluding hydrogens is 379 g/mol. The molecule has 0 amide bonds. The van der Waals surface area contributed by atoms with Gasteiger partial charge in [0.2, 0.25) is 0 Å². The van der Waals surface area contributed by atoms with Gasteiger partial charge < -0.3 is 23.4 Å². The van der Waals surface area contributed by atoms with Gasteiger partial charge >= 0.3 is 0 Å². The van der Waals surface area contributed by atoms with E-state index in [4.69, 9.17) is 25.4 Å². The van der Waals surface area contributed by atoms with E-state index in [9.17, 15) is 9.59 Å². The van der Waals surface area contributed by atoms with Gasteiger partial charge in [0.1, 0.15) is 72.9 Å². The molecule has 1 saturated heterocycles. The van der Waals surface area contributed by atoms with Crippen molar-refractivity contribution in [2.45, 2.75) is 41.6 Å². The maximum Gasteiger partial charge on any atom is 0.288 e. The van der Waals surface area contributed by atoms with Gasteiger partial charge in [-0.1, -0.05) is 0 Å². The summed E-state index contributed by atoms with van der Waals surface area (Å²) in [5, 5.41) is -1.19. The van der Waals surface area contributed by atoms with Crippen molar-refractivity contribution in [3.8, 4) is 12.3 Å². The van der Waals surface area contributed by atoms with E-state index in [1.165, 1.54) is 0 Å². The Bertz CT molecular complexity index is 642. The van der Waals surface area contributed by atoms with Crippen LogP contribution in [-0.2, 0) is 28.5 Å². The molecule has 1 heterocycles. The number of nitrogens with zero attached hydrogens (tertiary/aromatic N) is 1. The standard InChI is InChI=1S/C17H34B6NO6/c1-4-5-24(2,3)6-7-27-13-9-11(30-15(26)17(21,22)23)8-12(29-13)10-28-14(25)16(18,19)20/h1,11-13H,5-10,18-23H2,2-3H3/q+1. The van der Waals surface area contributed by atoms with Crippen LogP contribution in [0.4, 0.5) is 0 Å². The Morgan fingerprint density at radius 2 is 1.70 bits per heavy atom. The quantitative estimate of drug-likeness (QED) is 0.154. The summed E-state index contributed by atoms with van der Waals surface area (Å²) in [5.41, 5.74) is 0. The molecule has 13 heteroatoms. The van der Waals surface area contributed by atoms with Crippen LogP contribution in [0.3, 0.4) is 0 Å². The Morgan fingerprint density at radius 1 is 1.10 bits per heavy atom. The number of hydrogen-bond acceptors (Lipinski definition) is 6. The van der Waals surface area contributed by atoms with Gasteiger partial charge in [0.25, 0.3) is 11.9 Å². The topological polar surface area (TPSA) is 71.1 Å². The van der Waals surface area contributed by atoms with Crippen LogP contribution in [0.5, 0.6) is 0 Å². The average Bonchev–Trinajstić information content (AvgIpc) is 2.57. The Balaban J connectivity index is 2.73. The molecule has 3 unspecified atom stereocenters. The highest BCUT2D eigenvalue weighted by atomic mass is 16.7. The van der Waals surface area contributed by atoms with E-state index in [0.717, 1.165) is 6.54 Å². The zero-order chi connectivity index (χ0) is 23.2. The molecule has 0 aromatic rings. The van der Waals surface area contributed by atoms with Crippen molar-refractivity contribution in [1.82, 2.24) is 0 Å². The minimum Gasteiger partial charge on any atom is -0.464 e. The lowest BCUT2D eigenvalue weighted by atomic mass is 9.42. The predicted octanol–water partition coefficient (Wildman–Crippen LogP) is -5.38. The Labute approximate surface area is 186 Å². The van der Waals surface area contributed by atoms with E-state index in [1.807, 2.05) is 37.6 Å². The summed E-state index contributed by atoms with van der Waals surface area (Å²) in [6.07, 6.45) is 5.01. The third kappa shape index (κ3) is 9.72. The monoisotopic (exact) mass is 414 g/mol. The second kappa shape index (κ2) is 10.9. The average molecular weight is 413 g/mol. The second-order valence-corrected chi connectivity index (χ2v) is 10.7. The highest BCUT2D eigenvalue weighted by Crippen LogP contribution is 2.26. The first-order valence-corrected chi connectivity index (χ1v) is 10.5. The normalized spacial score (nSPS) is 22.6. The fourth-order valence-electron chi connectivity index (χ4n) is 2.71. The van der Waals surface area contributed by atoms with E-state index in [-0.39, 0.29) is 24.6 Å². The summed E-state index contributed by atoms with van der Waals surface area (Å²) in [7, 11) is 14.9. The number of likely N-dealkylation sites (N-methyl/N-ethyl adjacent to an activating group) is 1. The summed E-state index contributed by atoms with van der Waals surface area (Å²) in [6, 6.07) is 0. The first kappa shape index (κ1) is 26.8. The van der Waals surface area contributed by atoms with Crippen molar-refractivity contribution in [2.75, 3.05) is 40.4 Å². The Hall–Kier alpha value is -1.23. The number of quaternary nitrogens is 1. The molecule has 7 nitrogen and oxygen atoms in total. The summed E-state index contributed by atoms with van der Waals surface area (Å²) in [6.45, 7) is 1.87. The number of carbonyl (C=O) groups is 2. The number of hydrogen-bond donors (Lipinski definition) is 0. The highest BCUT2D eigenvalue weighted by Gasteiger charge is 2.36.